The molecule has 0 spiro atoms. The van der Waals surface area contributed by atoms with Crippen LogP contribution in [-0.4, -0.2) is 12.2 Å². The average Bonchev–Trinajstić information content (AvgIpc) is 2.78. The lowest BCUT2D eigenvalue weighted by Crippen LogP contribution is -2.07. The summed E-state index contributed by atoms with van der Waals surface area (Å²) in [7, 11) is 1.86. The van der Waals surface area contributed by atoms with Gasteiger partial charge in [0.05, 0.1) is 0 Å². The third-order valence-electron chi connectivity index (χ3n) is 2.89. The van der Waals surface area contributed by atoms with Gasteiger partial charge in [0, 0.05) is 24.1 Å². The molecule has 0 saturated carbocycles. The van der Waals surface area contributed by atoms with Crippen LogP contribution in [0.5, 0.6) is 0 Å². The highest BCUT2D eigenvalue weighted by Gasteiger charge is 2.26. The Balaban J connectivity index is 2.10. The van der Waals surface area contributed by atoms with Crippen molar-refractivity contribution in [2.24, 2.45) is 0 Å². The van der Waals surface area contributed by atoms with E-state index in [0.29, 0.717) is 13.0 Å². The first-order valence-electron chi connectivity index (χ1n) is 5.20. The van der Waals surface area contributed by atoms with Gasteiger partial charge in [-0.3, -0.25) is 0 Å². The van der Waals surface area contributed by atoms with E-state index < -0.39 is 0 Å². The maximum Gasteiger partial charge on any atom is 0.170 e. The van der Waals surface area contributed by atoms with Gasteiger partial charge < -0.3 is 9.84 Å². The Morgan fingerprint density at radius 3 is 3.19 bits per heavy atom. The van der Waals surface area contributed by atoms with E-state index in [9.17, 15) is 4.39 Å². The van der Waals surface area contributed by atoms with E-state index in [-0.39, 0.29) is 5.82 Å². The quantitative estimate of drug-likeness (QED) is 0.715. The van der Waals surface area contributed by atoms with E-state index in [1.807, 2.05) is 7.05 Å². The highest BCUT2D eigenvalue weighted by molar-refractivity contribution is 5.72. The van der Waals surface area contributed by atoms with Crippen molar-refractivity contribution >= 4 is 0 Å². The molecule has 82 valence electrons. The summed E-state index contributed by atoms with van der Waals surface area (Å²) in [6.07, 6.45) is 0.711. The van der Waals surface area contributed by atoms with Crippen molar-refractivity contribution in [1.29, 1.82) is 0 Å². The van der Waals surface area contributed by atoms with Crippen LogP contribution in [0.25, 0.3) is 11.3 Å². The van der Waals surface area contributed by atoms with Crippen LogP contribution in [0.3, 0.4) is 0 Å². The smallest absolute Gasteiger partial charge is 0.170 e. The van der Waals surface area contributed by atoms with Gasteiger partial charge >= 0.3 is 0 Å². The van der Waals surface area contributed by atoms with Crippen molar-refractivity contribution in [3.05, 3.63) is 40.8 Å². The Bertz CT molecular complexity index is 548. The van der Waals surface area contributed by atoms with E-state index in [4.69, 9.17) is 4.52 Å². The molecule has 0 amide bonds. The van der Waals surface area contributed by atoms with E-state index in [1.54, 1.807) is 12.1 Å². The number of nitrogens with zero attached hydrogens (tertiary/aromatic N) is 1. The predicted molar refractivity (Wildman–Crippen MR) is 57.5 cm³/mol. The molecule has 1 aliphatic carbocycles. The number of fused-ring (bicyclic) bond motifs is 3. The first-order valence-corrected chi connectivity index (χ1v) is 5.20. The molecule has 4 heteroatoms. The van der Waals surface area contributed by atoms with Crippen molar-refractivity contribution < 1.29 is 8.91 Å². The number of hydrogen-bond acceptors (Lipinski definition) is 3. The number of benzene rings is 1. The largest absolute Gasteiger partial charge is 0.356 e. The molecular weight excluding hydrogens is 207 g/mol. The van der Waals surface area contributed by atoms with Gasteiger partial charge in [0.1, 0.15) is 11.5 Å². The maximum atomic E-state index is 13.1. The van der Waals surface area contributed by atoms with Gasteiger partial charge in [0.2, 0.25) is 0 Å². The predicted octanol–water partition coefficient (Wildman–Crippen LogP) is 2.10. The van der Waals surface area contributed by atoms with Crippen molar-refractivity contribution in [1.82, 2.24) is 10.5 Å². The summed E-state index contributed by atoms with van der Waals surface area (Å²) in [5.41, 5.74) is 3.93. The molecule has 3 nitrogen and oxygen atoms in total. The maximum absolute atomic E-state index is 13.1. The number of nitrogens with one attached hydrogen (secondary N) is 1. The second-order valence-electron chi connectivity index (χ2n) is 3.95. The lowest BCUT2D eigenvalue weighted by atomic mass is 10.1. The molecule has 1 heterocycles. The van der Waals surface area contributed by atoms with Crippen LogP contribution in [0.1, 0.15) is 16.8 Å². The molecule has 0 aliphatic heterocycles. The second kappa shape index (κ2) is 3.42. The zero-order valence-electron chi connectivity index (χ0n) is 8.88. The monoisotopic (exact) mass is 218 g/mol. The van der Waals surface area contributed by atoms with E-state index in [2.05, 4.69) is 10.5 Å². The molecule has 3 rings (SSSR count). The fourth-order valence-corrected chi connectivity index (χ4v) is 2.16. The molecule has 0 atom stereocenters. The molecule has 0 fully saturated rings. The van der Waals surface area contributed by atoms with Gasteiger partial charge in [-0.05, 0) is 30.8 Å². The third kappa shape index (κ3) is 1.27. The second-order valence-corrected chi connectivity index (χ2v) is 3.95. The fourth-order valence-electron chi connectivity index (χ4n) is 2.16. The fraction of sp³-hybridized carbons (Fsp3) is 0.250. The topological polar surface area (TPSA) is 38.1 Å². The standard InChI is InChI=1S/C12H11FN2O/c1-14-6-11-10-5-7-4-8(13)2-3-9(7)12(10)16-15-11/h2-4,14H,5-6H2,1H3. The van der Waals surface area contributed by atoms with Crippen LogP contribution >= 0.6 is 0 Å². The molecule has 0 saturated heterocycles. The van der Waals surface area contributed by atoms with Crippen LogP contribution in [0, 0.1) is 5.82 Å². The van der Waals surface area contributed by atoms with Crippen LogP contribution in [0.4, 0.5) is 4.39 Å². The number of aromatic nitrogens is 1. The molecule has 1 aromatic heterocycles. The molecule has 1 N–H and O–H groups in total. The Morgan fingerprint density at radius 2 is 2.38 bits per heavy atom. The van der Waals surface area contributed by atoms with Gasteiger partial charge in [0.15, 0.2) is 5.76 Å². The minimum absolute atomic E-state index is 0.202. The molecule has 0 bridgehead atoms. The van der Waals surface area contributed by atoms with Crippen molar-refractivity contribution in [2.75, 3.05) is 7.05 Å². The molecule has 2 aromatic rings. The van der Waals surface area contributed by atoms with Crippen LogP contribution in [0.2, 0.25) is 0 Å². The van der Waals surface area contributed by atoms with Crippen molar-refractivity contribution in [3.63, 3.8) is 0 Å². The molecule has 1 aromatic carbocycles. The lowest BCUT2D eigenvalue weighted by molar-refractivity contribution is 0.421. The molecule has 1 aliphatic rings. The lowest BCUT2D eigenvalue weighted by Gasteiger charge is -1.98. The van der Waals surface area contributed by atoms with Gasteiger partial charge in [0.25, 0.3) is 0 Å². The molecule has 16 heavy (non-hydrogen) atoms. The van der Waals surface area contributed by atoms with E-state index >= 15 is 0 Å². The Morgan fingerprint density at radius 1 is 1.50 bits per heavy atom. The van der Waals surface area contributed by atoms with E-state index in [1.165, 1.54) is 6.07 Å². The minimum Gasteiger partial charge on any atom is -0.356 e. The zero-order chi connectivity index (χ0) is 11.1. The highest BCUT2D eigenvalue weighted by atomic mass is 19.1. The van der Waals surface area contributed by atoms with Crippen molar-refractivity contribution in [3.8, 4) is 11.3 Å². The van der Waals surface area contributed by atoms with E-state index in [0.717, 1.165) is 28.1 Å². The summed E-state index contributed by atoms with van der Waals surface area (Å²) in [6, 6.07) is 4.77. The van der Waals surface area contributed by atoms with Gasteiger partial charge in [-0.1, -0.05) is 5.16 Å². The van der Waals surface area contributed by atoms with Crippen molar-refractivity contribution in [2.45, 2.75) is 13.0 Å². The Kier molecular flexibility index (Phi) is 2.04. The zero-order valence-corrected chi connectivity index (χ0v) is 8.88. The summed E-state index contributed by atoms with van der Waals surface area (Å²) < 4.78 is 18.4. The Labute approximate surface area is 92.3 Å². The summed E-state index contributed by atoms with van der Waals surface area (Å²) in [5.74, 6) is 0.590. The van der Waals surface area contributed by atoms with Gasteiger partial charge in [-0.25, -0.2) is 4.39 Å². The number of hydrogen-bond donors (Lipinski definition) is 1. The van der Waals surface area contributed by atoms with Gasteiger partial charge in [-0.15, -0.1) is 0 Å². The normalized spacial score (nSPS) is 12.6. The molecule has 0 unspecified atom stereocenters. The summed E-state index contributed by atoms with van der Waals surface area (Å²) >= 11 is 0. The van der Waals surface area contributed by atoms with Crippen LogP contribution < -0.4 is 5.32 Å². The highest BCUT2D eigenvalue weighted by Crippen LogP contribution is 2.38. The third-order valence-corrected chi connectivity index (χ3v) is 2.89. The average molecular weight is 218 g/mol. The SMILES string of the molecule is CNCc1noc2c1Cc1cc(F)ccc1-2. The minimum atomic E-state index is -0.202. The van der Waals surface area contributed by atoms with Crippen LogP contribution in [-0.2, 0) is 13.0 Å². The van der Waals surface area contributed by atoms with Crippen LogP contribution in [0.15, 0.2) is 22.7 Å². The number of halogens is 1. The Hall–Kier alpha value is -1.68. The molecule has 0 radical (unpaired) electrons. The first-order chi connectivity index (χ1) is 7.79. The first kappa shape index (κ1) is 9.54. The number of rotatable bonds is 2. The summed E-state index contributed by atoms with van der Waals surface area (Å²) in [5, 5.41) is 7.06. The van der Waals surface area contributed by atoms with Gasteiger partial charge in [-0.2, -0.15) is 0 Å². The summed E-state index contributed by atoms with van der Waals surface area (Å²) in [4.78, 5) is 0. The molecular formula is C12H11FN2O. The summed E-state index contributed by atoms with van der Waals surface area (Å²) in [6.45, 7) is 0.676.